The summed E-state index contributed by atoms with van der Waals surface area (Å²) in [7, 11) is 0. The van der Waals surface area contributed by atoms with Gasteiger partial charge in [-0.1, -0.05) is 70.4 Å². The van der Waals surface area contributed by atoms with E-state index in [1.54, 1.807) is 12.1 Å². The highest BCUT2D eigenvalue weighted by Gasteiger charge is 2.09. The Hall–Kier alpha value is -0.560. The summed E-state index contributed by atoms with van der Waals surface area (Å²) in [4.78, 5) is 0. The number of benzene rings is 1. The first-order valence-corrected chi connectivity index (χ1v) is 9.10. The van der Waals surface area contributed by atoms with Crippen molar-refractivity contribution in [2.75, 3.05) is 5.88 Å². The second kappa shape index (κ2) is 12.0. The second-order valence-electron chi connectivity index (χ2n) is 6.12. The molecule has 1 rings (SSSR count). The van der Waals surface area contributed by atoms with E-state index in [0.717, 1.165) is 18.4 Å². The number of rotatable bonds is 12. The third kappa shape index (κ3) is 9.14. The number of alkyl halides is 1. The first-order chi connectivity index (χ1) is 10.3. The summed E-state index contributed by atoms with van der Waals surface area (Å²) in [5.41, 5.74) is 1.07. The van der Waals surface area contributed by atoms with Crippen LogP contribution in [0.1, 0.15) is 70.3 Å². The van der Waals surface area contributed by atoms with Gasteiger partial charge in [-0.05, 0) is 36.5 Å². The molecular formula is C19H30ClF. The lowest BCUT2D eigenvalue weighted by molar-refractivity contribution is 0.481. The van der Waals surface area contributed by atoms with Gasteiger partial charge in [-0.3, -0.25) is 0 Å². The van der Waals surface area contributed by atoms with Crippen LogP contribution in [0.25, 0.3) is 0 Å². The first kappa shape index (κ1) is 18.5. The Labute approximate surface area is 135 Å². The minimum atomic E-state index is -0.145. The quantitative estimate of drug-likeness (QED) is 0.295. The van der Waals surface area contributed by atoms with E-state index in [-0.39, 0.29) is 5.82 Å². The molecule has 0 amide bonds. The standard InChI is InChI=1S/C19H30ClF/c1-2-3-4-5-6-7-8-9-11-18(16-20)14-17-12-10-13-19(21)15-17/h10,12-13,15,18H,2-9,11,14,16H2,1H3. The van der Waals surface area contributed by atoms with Gasteiger partial charge in [0.1, 0.15) is 5.82 Å². The van der Waals surface area contributed by atoms with Crippen molar-refractivity contribution in [3.05, 3.63) is 35.6 Å². The molecule has 0 saturated heterocycles. The van der Waals surface area contributed by atoms with Crippen LogP contribution in [0.4, 0.5) is 4.39 Å². The normalized spacial score (nSPS) is 12.5. The molecule has 0 saturated carbocycles. The molecule has 0 N–H and O–H groups in total. The third-order valence-corrected chi connectivity index (χ3v) is 4.53. The Balaban J connectivity index is 2.11. The van der Waals surface area contributed by atoms with Crippen LogP contribution < -0.4 is 0 Å². The SMILES string of the molecule is CCCCCCCCCCC(CCl)Cc1cccc(F)c1. The topological polar surface area (TPSA) is 0 Å². The van der Waals surface area contributed by atoms with Crippen molar-refractivity contribution in [1.82, 2.24) is 0 Å². The molecule has 0 heterocycles. The van der Waals surface area contributed by atoms with Crippen LogP contribution in [0.5, 0.6) is 0 Å². The van der Waals surface area contributed by atoms with E-state index in [1.807, 2.05) is 6.07 Å². The highest BCUT2D eigenvalue weighted by molar-refractivity contribution is 6.18. The molecule has 1 unspecified atom stereocenters. The minimum absolute atomic E-state index is 0.145. The summed E-state index contributed by atoms with van der Waals surface area (Å²) in [5, 5.41) is 0. The van der Waals surface area contributed by atoms with Crippen LogP contribution in [0.2, 0.25) is 0 Å². The van der Waals surface area contributed by atoms with E-state index in [1.165, 1.54) is 57.4 Å². The molecule has 1 aromatic rings. The molecule has 1 atom stereocenters. The highest BCUT2D eigenvalue weighted by atomic mass is 35.5. The van der Waals surface area contributed by atoms with Crippen molar-refractivity contribution < 1.29 is 4.39 Å². The van der Waals surface area contributed by atoms with Crippen molar-refractivity contribution in [3.8, 4) is 0 Å². The molecule has 120 valence electrons. The van der Waals surface area contributed by atoms with E-state index in [9.17, 15) is 4.39 Å². The van der Waals surface area contributed by atoms with Gasteiger partial charge in [-0.25, -0.2) is 4.39 Å². The summed E-state index contributed by atoms with van der Waals surface area (Å²) in [6, 6.07) is 6.91. The van der Waals surface area contributed by atoms with Gasteiger partial charge in [0.25, 0.3) is 0 Å². The fourth-order valence-corrected chi connectivity index (χ4v) is 3.06. The zero-order chi connectivity index (χ0) is 15.3. The van der Waals surface area contributed by atoms with E-state index in [0.29, 0.717) is 11.8 Å². The van der Waals surface area contributed by atoms with Crippen LogP contribution in [0, 0.1) is 11.7 Å². The molecule has 0 aliphatic rings. The van der Waals surface area contributed by atoms with Gasteiger partial charge in [0.05, 0.1) is 0 Å². The van der Waals surface area contributed by atoms with E-state index in [2.05, 4.69) is 6.92 Å². The summed E-state index contributed by atoms with van der Waals surface area (Å²) in [6.45, 7) is 2.25. The molecule has 0 spiro atoms. The summed E-state index contributed by atoms with van der Waals surface area (Å²) in [6.07, 6.45) is 12.8. The third-order valence-electron chi connectivity index (χ3n) is 4.10. The van der Waals surface area contributed by atoms with Gasteiger partial charge in [-0.2, -0.15) is 0 Å². The van der Waals surface area contributed by atoms with Crippen LogP contribution in [-0.4, -0.2) is 5.88 Å². The van der Waals surface area contributed by atoms with Crippen molar-refractivity contribution in [2.45, 2.75) is 71.1 Å². The van der Waals surface area contributed by atoms with E-state index >= 15 is 0 Å². The number of hydrogen-bond donors (Lipinski definition) is 0. The van der Waals surface area contributed by atoms with Gasteiger partial charge in [0.15, 0.2) is 0 Å². The lowest BCUT2D eigenvalue weighted by Crippen LogP contribution is -2.06. The average Bonchev–Trinajstić information content (AvgIpc) is 2.48. The Morgan fingerprint density at radius 2 is 1.67 bits per heavy atom. The second-order valence-corrected chi connectivity index (χ2v) is 6.43. The Bertz CT molecular complexity index is 364. The summed E-state index contributed by atoms with van der Waals surface area (Å²) < 4.78 is 13.2. The van der Waals surface area contributed by atoms with Crippen LogP contribution in [-0.2, 0) is 6.42 Å². The largest absolute Gasteiger partial charge is 0.207 e. The Morgan fingerprint density at radius 1 is 1.00 bits per heavy atom. The van der Waals surface area contributed by atoms with Crippen molar-refractivity contribution in [3.63, 3.8) is 0 Å². The van der Waals surface area contributed by atoms with Gasteiger partial charge >= 0.3 is 0 Å². The Morgan fingerprint density at radius 3 is 2.29 bits per heavy atom. The summed E-state index contributed by atoms with van der Waals surface area (Å²) >= 11 is 6.06. The van der Waals surface area contributed by atoms with Gasteiger partial charge < -0.3 is 0 Å². The van der Waals surface area contributed by atoms with Crippen LogP contribution >= 0.6 is 11.6 Å². The number of hydrogen-bond acceptors (Lipinski definition) is 0. The van der Waals surface area contributed by atoms with E-state index in [4.69, 9.17) is 11.6 Å². The van der Waals surface area contributed by atoms with Crippen LogP contribution in [0.3, 0.4) is 0 Å². The van der Waals surface area contributed by atoms with E-state index < -0.39 is 0 Å². The highest BCUT2D eigenvalue weighted by Crippen LogP contribution is 2.19. The number of halogens is 2. The molecule has 0 bridgehead atoms. The van der Waals surface area contributed by atoms with Gasteiger partial charge in [0.2, 0.25) is 0 Å². The molecule has 21 heavy (non-hydrogen) atoms. The van der Waals surface area contributed by atoms with Crippen LogP contribution in [0.15, 0.2) is 24.3 Å². The average molecular weight is 313 g/mol. The fraction of sp³-hybridized carbons (Fsp3) is 0.684. The summed E-state index contributed by atoms with van der Waals surface area (Å²) in [5.74, 6) is 1.01. The first-order valence-electron chi connectivity index (χ1n) is 8.56. The maximum atomic E-state index is 13.2. The zero-order valence-electron chi connectivity index (χ0n) is 13.4. The maximum Gasteiger partial charge on any atom is 0.123 e. The predicted octanol–water partition coefficient (Wildman–Crippen LogP) is 6.75. The zero-order valence-corrected chi connectivity index (χ0v) is 14.2. The molecular weight excluding hydrogens is 283 g/mol. The monoisotopic (exact) mass is 312 g/mol. The lowest BCUT2D eigenvalue weighted by atomic mass is 9.95. The molecule has 0 aliphatic heterocycles. The van der Waals surface area contributed by atoms with Gasteiger partial charge in [0, 0.05) is 5.88 Å². The molecule has 2 heteroatoms. The number of unbranched alkanes of at least 4 members (excludes halogenated alkanes) is 7. The van der Waals surface area contributed by atoms with Crippen molar-refractivity contribution in [1.29, 1.82) is 0 Å². The molecule has 0 aromatic heterocycles. The molecule has 0 fully saturated rings. The molecule has 0 aliphatic carbocycles. The molecule has 1 aromatic carbocycles. The smallest absolute Gasteiger partial charge is 0.123 e. The molecule has 0 radical (unpaired) electrons. The minimum Gasteiger partial charge on any atom is -0.207 e. The predicted molar refractivity (Wildman–Crippen MR) is 91.5 cm³/mol. The lowest BCUT2D eigenvalue weighted by Gasteiger charge is -2.14. The van der Waals surface area contributed by atoms with Gasteiger partial charge in [-0.15, -0.1) is 11.6 Å². The maximum absolute atomic E-state index is 13.2. The Kier molecular flexibility index (Phi) is 10.6. The van der Waals surface area contributed by atoms with Crippen molar-refractivity contribution in [2.24, 2.45) is 5.92 Å². The fourth-order valence-electron chi connectivity index (χ4n) is 2.80. The molecule has 0 nitrogen and oxygen atoms in total. The van der Waals surface area contributed by atoms with Crippen molar-refractivity contribution >= 4 is 11.6 Å².